The summed E-state index contributed by atoms with van der Waals surface area (Å²) < 4.78 is 15.8. The van der Waals surface area contributed by atoms with Gasteiger partial charge in [-0.15, -0.1) is 0 Å². The summed E-state index contributed by atoms with van der Waals surface area (Å²) in [5, 5.41) is 4.72. The average Bonchev–Trinajstić information content (AvgIpc) is 3.24. The summed E-state index contributed by atoms with van der Waals surface area (Å²) in [4.78, 5) is 35.2. The van der Waals surface area contributed by atoms with Crippen LogP contribution >= 0.6 is 22.6 Å². The third-order valence-electron chi connectivity index (χ3n) is 7.48. The molecule has 0 N–H and O–H groups in total. The lowest BCUT2D eigenvalue weighted by Gasteiger charge is -2.48. The monoisotopic (exact) mass is 617 g/mol. The zero-order chi connectivity index (χ0) is 26.7. The second-order valence-electron chi connectivity index (χ2n) is 11.9. The molecule has 0 unspecified atom stereocenters. The van der Waals surface area contributed by atoms with Gasteiger partial charge in [0, 0.05) is 40.6 Å². The lowest BCUT2D eigenvalue weighted by atomic mass is 9.83. The number of benzene rings is 1. The standard InChI is InChI=1S/C28H33FIN5O2/c1-27(2,3)21-14-22(17-6-8-19(29)9-7-17)32-35-15-23(31-24(21)35)26(37)34-11-10-33(16-28(34,4)5)25(36)18-12-20(30)13-18/h6-9,14-15,18,20H,10-13,16H2,1-5H3. The lowest BCUT2D eigenvalue weighted by Crippen LogP contribution is -2.63. The van der Waals surface area contributed by atoms with Crippen molar-refractivity contribution in [3.63, 3.8) is 0 Å². The van der Waals surface area contributed by atoms with E-state index in [0.717, 1.165) is 24.0 Å². The summed E-state index contributed by atoms with van der Waals surface area (Å²) in [6.07, 6.45) is 3.58. The maximum absolute atomic E-state index is 13.7. The Morgan fingerprint density at radius 1 is 1.11 bits per heavy atom. The van der Waals surface area contributed by atoms with Crippen molar-refractivity contribution in [3.05, 3.63) is 53.6 Å². The number of amides is 2. The second-order valence-corrected chi connectivity index (χ2v) is 13.7. The molecule has 1 aliphatic carbocycles. The maximum atomic E-state index is 13.7. The second kappa shape index (κ2) is 9.32. The maximum Gasteiger partial charge on any atom is 0.274 e. The van der Waals surface area contributed by atoms with Crippen molar-refractivity contribution in [2.75, 3.05) is 19.6 Å². The van der Waals surface area contributed by atoms with Gasteiger partial charge in [-0.25, -0.2) is 13.9 Å². The van der Waals surface area contributed by atoms with Crippen molar-refractivity contribution >= 4 is 40.1 Å². The normalized spacial score (nSPS) is 21.7. The molecule has 2 fully saturated rings. The SMILES string of the molecule is CC(C)(C)c1cc(-c2ccc(F)cc2)nn2cc(C(=O)N3CCN(C(=O)C4CC(I)C4)CC3(C)C)nc12. The lowest BCUT2D eigenvalue weighted by molar-refractivity contribution is -0.142. The van der Waals surface area contributed by atoms with Gasteiger partial charge in [-0.1, -0.05) is 43.4 Å². The van der Waals surface area contributed by atoms with E-state index in [1.165, 1.54) is 12.1 Å². The van der Waals surface area contributed by atoms with E-state index in [9.17, 15) is 14.0 Å². The first-order valence-corrected chi connectivity index (χ1v) is 14.0. The highest BCUT2D eigenvalue weighted by Crippen LogP contribution is 2.36. The number of imidazole rings is 1. The molecule has 7 nitrogen and oxygen atoms in total. The fourth-order valence-corrected chi connectivity index (χ4v) is 6.49. The Kier molecular flexibility index (Phi) is 6.57. The van der Waals surface area contributed by atoms with E-state index in [1.807, 2.05) is 29.7 Å². The highest BCUT2D eigenvalue weighted by molar-refractivity contribution is 14.1. The van der Waals surface area contributed by atoms with Crippen LogP contribution in [-0.4, -0.2) is 65.3 Å². The quantitative estimate of drug-likeness (QED) is 0.303. The summed E-state index contributed by atoms with van der Waals surface area (Å²) in [7, 11) is 0. The number of aromatic nitrogens is 3. The van der Waals surface area contributed by atoms with Crippen LogP contribution in [0.4, 0.5) is 4.39 Å². The summed E-state index contributed by atoms with van der Waals surface area (Å²) >= 11 is 2.40. The van der Waals surface area contributed by atoms with Crippen molar-refractivity contribution in [3.8, 4) is 11.3 Å². The van der Waals surface area contributed by atoms with E-state index >= 15 is 0 Å². The van der Waals surface area contributed by atoms with Crippen LogP contribution in [0.5, 0.6) is 0 Å². The highest BCUT2D eigenvalue weighted by atomic mass is 127. The van der Waals surface area contributed by atoms with Gasteiger partial charge < -0.3 is 9.80 Å². The number of carbonyl (C=O) groups excluding carboxylic acids is 2. The van der Waals surface area contributed by atoms with Gasteiger partial charge in [0.05, 0.1) is 17.4 Å². The van der Waals surface area contributed by atoms with E-state index in [4.69, 9.17) is 10.1 Å². The number of piperazine rings is 1. The minimum absolute atomic E-state index is 0.121. The number of alkyl halides is 1. The van der Waals surface area contributed by atoms with Crippen LogP contribution < -0.4 is 0 Å². The number of hydrogen-bond acceptors (Lipinski definition) is 4. The summed E-state index contributed by atoms with van der Waals surface area (Å²) in [5.74, 6) is -0.131. The smallest absolute Gasteiger partial charge is 0.274 e. The predicted octanol–water partition coefficient (Wildman–Crippen LogP) is 5.11. The Hall–Kier alpha value is -2.56. The number of rotatable bonds is 3. The molecule has 3 aromatic rings. The molecular weight excluding hydrogens is 584 g/mol. The van der Waals surface area contributed by atoms with Crippen LogP contribution in [0.3, 0.4) is 0 Å². The van der Waals surface area contributed by atoms with Crippen molar-refractivity contribution < 1.29 is 14.0 Å². The van der Waals surface area contributed by atoms with Gasteiger partial charge in [-0.05, 0) is 62.4 Å². The minimum Gasteiger partial charge on any atom is -0.338 e. The molecule has 0 bridgehead atoms. The van der Waals surface area contributed by atoms with Gasteiger partial charge in [0.2, 0.25) is 5.91 Å². The van der Waals surface area contributed by atoms with Crippen LogP contribution in [0, 0.1) is 11.7 Å². The molecule has 1 saturated heterocycles. The molecule has 2 aromatic heterocycles. The molecule has 196 valence electrons. The zero-order valence-electron chi connectivity index (χ0n) is 22.0. The minimum atomic E-state index is -0.520. The van der Waals surface area contributed by atoms with E-state index < -0.39 is 5.54 Å². The van der Waals surface area contributed by atoms with Crippen LogP contribution in [0.15, 0.2) is 36.5 Å². The molecule has 3 heterocycles. The van der Waals surface area contributed by atoms with Crippen LogP contribution in [0.2, 0.25) is 0 Å². The molecule has 1 aliphatic heterocycles. The molecule has 2 aliphatic rings. The molecule has 1 aromatic carbocycles. The molecule has 0 spiro atoms. The molecule has 2 amide bonds. The Morgan fingerprint density at radius 3 is 2.38 bits per heavy atom. The first-order valence-electron chi connectivity index (χ1n) is 12.8. The third kappa shape index (κ3) is 4.98. The first-order chi connectivity index (χ1) is 17.3. The van der Waals surface area contributed by atoms with E-state index in [2.05, 4.69) is 43.4 Å². The number of fused-ring (bicyclic) bond motifs is 1. The summed E-state index contributed by atoms with van der Waals surface area (Å²) in [6.45, 7) is 11.8. The van der Waals surface area contributed by atoms with Crippen LogP contribution in [-0.2, 0) is 10.2 Å². The average molecular weight is 618 g/mol. The fraction of sp³-hybridized carbons (Fsp3) is 0.500. The number of halogens is 2. The Labute approximate surface area is 230 Å². The Balaban J connectivity index is 1.44. The Bertz CT molecular complexity index is 1360. The molecular formula is C28H33FIN5O2. The number of carbonyl (C=O) groups is 2. The number of nitrogens with zero attached hydrogens (tertiary/aromatic N) is 5. The van der Waals surface area contributed by atoms with Gasteiger partial charge >= 0.3 is 0 Å². The summed E-state index contributed by atoms with van der Waals surface area (Å²) in [5.41, 5.74) is 2.61. The zero-order valence-corrected chi connectivity index (χ0v) is 24.1. The molecule has 9 heteroatoms. The topological polar surface area (TPSA) is 70.8 Å². The molecule has 0 radical (unpaired) electrons. The van der Waals surface area contributed by atoms with E-state index in [-0.39, 0.29) is 29.0 Å². The molecule has 37 heavy (non-hydrogen) atoms. The largest absolute Gasteiger partial charge is 0.338 e. The van der Waals surface area contributed by atoms with Gasteiger partial charge in [0.25, 0.3) is 5.91 Å². The highest BCUT2D eigenvalue weighted by Gasteiger charge is 2.43. The van der Waals surface area contributed by atoms with E-state index in [0.29, 0.717) is 40.6 Å². The predicted molar refractivity (Wildman–Crippen MR) is 149 cm³/mol. The van der Waals surface area contributed by atoms with Gasteiger partial charge in [0.15, 0.2) is 5.65 Å². The van der Waals surface area contributed by atoms with Gasteiger partial charge in [-0.2, -0.15) is 5.10 Å². The van der Waals surface area contributed by atoms with Crippen molar-refractivity contribution in [1.29, 1.82) is 0 Å². The Morgan fingerprint density at radius 2 is 1.78 bits per heavy atom. The van der Waals surface area contributed by atoms with Crippen LogP contribution in [0.25, 0.3) is 16.9 Å². The number of hydrogen-bond donors (Lipinski definition) is 0. The van der Waals surface area contributed by atoms with Gasteiger partial charge in [0.1, 0.15) is 11.5 Å². The molecule has 5 rings (SSSR count). The van der Waals surface area contributed by atoms with Crippen molar-refractivity contribution in [1.82, 2.24) is 24.4 Å². The van der Waals surface area contributed by atoms with E-state index in [1.54, 1.807) is 22.8 Å². The molecule has 1 saturated carbocycles. The van der Waals surface area contributed by atoms with Gasteiger partial charge in [-0.3, -0.25) is 9.59 Å². The van der Waals surface area contributed by atoms with Crippen LogP contribution in [0.1, 0.15) is 63.5 Å². The fourth-order valence-electron chi connectivity index (χ4n) is 5.26. The first kappa shape index (κ1) is 26.1. The van der Waals surface area contributed by atoms with Crippen molar-refractivity contribution in [2.45, 2.75) is 62.3 Å². The summed E-state index contributed by atoms with van der Waals surface area (Å²) in [6, 6.07) is 8.20. The van der Waals surface area contributed by atoms with Crippen molar-refractivity contribution in [2.24, 2.45) is 5.92 Å². The third-order valence-corrected chi connectivity index (χ3v) is 8.50. The molecule has 0 atom stereocenters.